The molecule has 106 valence electrons. The Bertz CT molecular complexity index is 734. The predicted molar refractivity (Wildman–Crippen MR) is 77.6 cm³/mol. The van der Waals surface area contributed by atoms with Gasteiger partial charge in [0.15, 0.2) is 9.84 Å². The summed E-state index contributed by atoms with van der Waals surface area (Å²) in [6, 6.07) is 9.19. The van der Waals surface area contributed by atoms with Crippen LogP contribution in [0.25, 0.3) is 0 Å². The number of benzene rings is 2. The monoisotopic (exact) mass is 293 g/mol. The largest absolute Gasteiger partial charge is 0.399 e. The second-order valence-electron chi connectivity index (χ2n) is 4.82. The van der Waals surface area contributed by atoms with E-state index >= 15 is 0 Å². The highest BCUT2D eigenvalue weighted by Crippen LogP contribution is 2.24. The average Bonchev–Trinajstić information content (AvgIpc) is 2.33. The van der Waals surface area contributed by atoms with Crippen LogP contribution in [0.3, 0.4) is 0 Å². The van der Waals surface area contributed by atoms with Gasteiger partial charge >= 0.3 is 0 Å². The van der Waals surface area contributed by atoms with E-state index in [1.807, 2.05) is 32.0 Å². The minimum atomic E-state index is -3.74. The van der Waals surface area contributed by atoms with Crippen molar-refractivity contribution in [2.45, 2.75) is 24.5 Å². The normalized spacial score (nSPS) is 11.6. The number of hydrogen-bond donors (Lipinski definition) is 1. The Kier molecular flexibility index (Phi) is 3.81. The van der Waals surface area contributed by atoms with Gasteiger partial charge in [-0.25, -0.2) is 12.8 Å². The molecule has 20 heavy (non-hydrogen) atoms. The molecule has 0 amide bonds. The molecule has 0 saturated carbocycles. The molecule has 0 atom stereocenters. The fraction of sp³-hybridized carbons (Fsp3) is 0.200. The lowest BCUT2D eigenvalue weighted by atomic mass is 10.1. The lowest BCUT2D eigenvalue weighted by molar-refractivity contribution is 0.566. The Hall–Kier alpha value is -1.88. The highest BCUT2D eigenvalue weighted by molar-refractivity contribution is 7.90. The minimum Gasteiger partial charge on any atom is -0.399 e. The molecule has 0 saturated heterocycles. The van der Waals surface area contributed by atoms with Crippen LogP contribution in [0.15, 0.2) is 41.3 Å². The van der Waals surface area contributed by atoms with Crippen molar-refractivity contribution < 1.29 is 12.8 Å². The predicted octanol–water partition coefficient (Wildman–Crippen LogP) is 3.00. The number of hydrogen-bond acceptors (Lipinski definition) is 3. The molecule has 0 unspecified atom stereocenters. The molecule has 2 aromatic rings. The van der Waals surface area contributed by atoms with Gasteiger partial charge in [-0.15, -0.1) is 0 Å². The summed E-state index contributed by atoms with van der Waals surface area (Å²) < 4.78 is 38.5. The van der Waals surface area contributed by atoms with E-state index in [-0.39, 0.29) is 16.3 Å². The summed E-state index contributed by atoms with van der Waals surface area (Å²) in [5.74, 6) is -1.02. The van der Waals surface area contributed by atoms with Crippen LogP contribution < -0.4 is 5.73 Å². The fourth-order valence-electron chi connectivity index (χ4n) is 2.11. The van der Waals surface area contributed by atoms with Gasteiger partial charge in [0.25, 0.3) is 0 Å². The first-order chi connectivity index (χ1) is 9.31. The van der Waals surface area contributed by atoms with Crippen LogP contribution in [0, 0.1) is 19.7 Å². The smallest absolute Gasteiger partial charge is 0.185 e. The van der Waals surface area contributed by atoms with Crippen LogP contribution in [0.4, 0.5) is 10.1 Å². The van der Waals surface area contributed by atoms with Crippen LogP contribution in [-0.2, 0) is 15.6 Å². The SMILES string of the molecule is Cc1cccc(C)c1CS(=O)(=O)c1ccc(N)cc1F. The van der Waals surface area contributed by atoms with E-state index in [2.05, 4.69) is 0 Å². The number of nitrogens with two attached hydrogens (primary N) is 1. The van der Waals surface area contributed by atoms with Gasteiger partial charge in [-0.3, -0.25) is 0 Å². The van der Waals surface area contributed by atoms with E-state index < -0.39 is 15.7 Å². The van der Waals surface area contributed by atoms with Crippen molar-refractivity contribution in [2.75, 3.05) is 5.73 Å². The zero-order valence-electron chi connectivity index (χ0n) is 11.4. The van der Waals surface area contributed by atoms with Crippen molar-refractivity contribution in [3.05, 3.63) is 58.9 Å². The van der Waals surface area contributed by atoms with Crippen molar-refractivity contribution >= 4 is 15.5 Å². The summed E-state index contributed by atoms with van der Waals surface area (Å²) >= 11 is 0. The molecule has 0 aliphatic rings. The molecule has 2 rings (SSSR count). The summed E-state index contributed by atoms with van der Waals surface area (Å²) in [6.07, 6.45) is 0. The lowest BCUT2D eigenvalue weighted by Crippen LogP contribution is -2.09. The molecule has 0 fully saturated rings. The summed E-state index contributed by atoms with van der Waals surface area (Å²) in [4.78, 5) is -0.311. The third-order valence-corrected chi connectivity index (χ3v) is 4.94. The zero-order valence-corrected chi connectivity index (χ0v) is 12.2. The molecule has 3 nitrogen and oxygen atoms in total. The van der Waals surface area contributed by atoms with Gasteiger partial charge in [0.2, 0.25) is 0 Å². The molecular weight excluding hydrogens is 277 g/mol. The Morgan fingerprint density at radius 3 is 2.25 bits per heavy atom. The standard InChI is InChI=1S/C15H16FNO2S/c1-10-4-3-5-11(2)13(10)9-20(18,19)15-7-6-12(17)8-14(15)16/h3-8H,9,17H2,1-2H3. The van der Waals surface area contributed by atoms with Crippen molar-refractivity contribution in [1.82, 2.24) is 0 Å². The molecule has 0 heterocycles. The van der Waals surface area contributed by atoms with Gasteiger partial charge in [0.1, 0.15) is 10.7 Å². The Morgan fingerprint density at radius 1 is 1.10 bits per heavy atom. The summed E-state index contributed by atoms with van der Waals surface area (Å²) in [5.41, 5.74) is 8.11. The molecule has 0 aromatic heterocycles. The van der Waals surface area contributed by atoms with Crippen LogP contribution in [0.2, 0.25) is 0 Å². The van der Waals surface area contributed by atoms with E-state index in [0.29, 0.717) is 5.56 Å². The highest BCUT2D eigenvalue weighted by atomic mass is 32.2. The van der Waals surface area contributed by atoms with E-state index in [1.54, 1.807) is 0 Å². The van der Waals surface area contributed by atoms with Crippen LogP contribution in [0.5, 0.6) is 0 Å². The van der Waals surface area contributed by atoms with Gasteiger partial charge in [0, 0.05) is 5.69 Å². The Balaban J connectivity index is 2.46. The third-order valence-electron chi connectivity index (χ3n) is 3.27. The van der Waals surface area contributed by atoms with E-state index in [4.69, 9.17) is 5.73 Å². The molecule has 2 N–H and O–H groups in total. The second-order valence-corrected chi connectivity index (χ2v) is 6.78. The maximum Gasteiger partial charge on any atom is 0.185 e. The topological polar surface area (TPSA) is 60.2 Å². The van der Waals surface area contributed by atoms with Crippen LogP contribution in [0.1, 0.15) is 16.7 Å². The third kappa shape index (κ3) is 2.82. The van der Waals surface area contributed by atoms with Crippen molar-refractivity contribution in [3.8, 4) is 0 Å². The number of anilines is 1. The summed E-state index contributed by atoms with van der Waals surface area (Å²) in [5, 5.41) is 0. The van der Waals surface area contributed by atoms with E-state index in [0.717, 1.165) is 17.2 Å². The number of rotatable bonds is 3. The van der Waals surface area contributed by atoms with Crippen molar-refractivity contribution in [1.29, 1.82) is 0 Å². The molecular formula is C15H16FNO2S. The van der Waals surface area contributed by atoms with Gasteiger partial charge < -0.3 is 5.73 Å². The number of nitrogen functional groups attached to an aromatic ring is 1. The summed E-state index contributed by atoms with van der Waals surface area (Å²) in [6.45, 7) is 3.69. The van der Waals surface area contributed by atoms with Crippen molar-refractivity contribution in [3.63, 3.8) is 0 Å². The number of halogens is 1. The molecule has 0 aliphatic heterocycles. The zero-order chi connectivity index (χ0) is 14.9. The maximum absolute atomic E-state index is 13.8. The van der Waals surface area contributed by atoms with Crippen LogP contribution in [-0.4, -0.2) is 8.42 Å². The van der Waals surface area contributed by atoms with Gasteiger partial charge in [-0.1, -0.05) is 18.2 Å². The van der Waals surface area contributed by atoms with Crippen molar-refractivity contribution in [2.24, 2.45) is 0 Å². The fourth-order valence-corrected chi connectivity index (χ4v) is 3.74. The number of aryl methyl sites for hydroxylation is 2. The van der Waals surface area contributed by atoms with Gasteiger partial charge in [-0.2, -0.15) is 0 Å². The maximum atomic E-state index is 13.8. The molecule has 0 spiro atoms. The molecule has 0 radical (unpaired) electrons. The molecule has 2 aromatic carbocycles. The first-order valence-corrected chi connectivity index (χ1v) is 7.79. The molecule has 0 aliphatic carbocycles. The van der Waals surface area contributed by atoms with E-state index in [1.165, 1.54) is 12.1 Å². The Morgan fingerprint density at radius 2 is 1.70 bits per heavy atom. The molecule has 5 heteroatoms. The first-order valence-electron chi connectivity index (χ1n) is 6.14. The number of sulfone groups is 1. The second kappa shape index (κ2) is 5.25. The Labute approximate surface area is 118 Å². The molecule has 0 bridgehead atoms. The van der Waals surface area contributed by atoms with Gasteiger partial charge in [-0.05, 0) is 48.7 Å². The summed E-state index contributed by atoms with van der Waals surface area (Å²) in [7, 11) is -3.74. The highest BCUT2D eigenvalue weighted by Gasteiger charge is 2.21. The lowest BCUT2D eigenvalue weighted by Gasteiger charge is -2.11. The average molecular weight is 293 g/mol. The quantitative estimate of drug-likeness (QED) is 0.885. The van der Waals surface area contributed by atoms with Crippen LogP contribution >= 0.6 is 0 Å². The minimum absolute atomic E-state index is 0.202. The first kappa shape index (κ1) is 14.5. The van der Waals surface area contributed by atoms with Gasteiger partial charge in [0.05, 0.1) is 5.75 Å². The van der Waals surface area contributed by atoms with E-state index in [9.17, 15) is 12.8 Å².